The lowest BCUT2D eigenvalue weighted by Gasteiger charge is -2.07. The lowest BCUT2D eigenvalue weighted by molar-refractivity contribution is 1.07. The number of rotatable bonds is 5. The molecule has 0 aliphatic carbocycles. The van der Waals surface area contributed by atoms with Gasteiger partial charge in [0.1, 0.15) is 11.6 Å². The molecule has 18 heavy (non-hydrogen) atoms. The van der Waals surface area contributed by atoms with E-state index in [-0.39, 0.29) is 0 Å². The highest BCUT2D eigenvalue weighted by Gasteiger charge is 1.98. The molecule has 0 aliphatic heterocycles. The summed E-state index contributed by atoms with van der Waals surface area (Å²) in [5.74, 6) is 1.56. The maximum absolute atomic E-state index is 4.40. The molecule has 94 valence electrons. The van der Waals surface area contributed by atoms with Gasteiger partial charge in [0.15, 0.2) is 0 Å². The fourth-order valence-corrected chi connectivity index (χ4v) is 1.78. The van der Waals surface area contributed by atoms with Gasteiger partial charge in [-0.2, -0.15) is 0 Å². The first-order valence-corrected chi connectivity index (χ1v) is 6.61. The smallest absolute Gasteiger partial charge is 0.147 e. The first-order valence-electron chi connectivity index (χ1n) is 5.82. The van der Waals surface area contributed by atoms with Crippen molar-refractivity contribution in [2.75, 3.05) is 17.2 Å². The molecule has 0 atom stereocenters. The maximum Gasteiger partial charge on any atom is 0.147 e. The van der Waals surface area contributed by atoms with Gasteiger partial charge in [-0.15, -0.1) is 0 Å². The van der Waals surface area contributed by atoms with Gasteiger partial charge in [0, 0.05) is 17.6 Å². The summed E-state index contributed by atoms with van der Waals surface area (Å²) in [6.07, 6.45) is 3.44. The number of anilines is 2. The van der Waals surface area contributed by atoms with Crippen molar-refractivity contribution in [3.8, 4) is 0 Å². The van der Waals surface area contributed by atoms with E-state index in [2.05, 4.69) is 48.7 Å². The van der Waals surface area contributed by atoms with Gasteiger partial charge >= 0.3 is 0 Å². The second-order valence-corrected chi connectivity index (χ2v) is 4.72. The Kier molecular flexibility index (Phi) is 4.52. The maximum atomic E-state index is 4.40. The standard InChI is InChI=1S/C13H15BrN4/c1-2-16-12-8-15-9-13(18-12)17-7-10-3-5-11(14)6-4-10/h3-6,8-9H,2,7H2,1H3,(H2,16,17,18). The van der Waals surface area contributed by atoms with Crippen molar-refractivity contribution in [3.05, 3.63) is 46.7 Å². The topological polar surface area (TPSA) is 49.8 Å². The molecule has 0 aliphatic rings. The molecule has 1 heterocycles. The Hall–Kier alpha value is -1.62. The fraction of sp³-hybridized carbons (Fsp3) is 0.231. The van der Waals surface area contributed by atoms with Crippen molar-refractivity contribution >= 4 is 27.6 Å². The third kappa shape index (κ3) is 3.70. The lowest BCUT2D eigenvalue weighted by atomic mass is 10.2. The van der Waals surface area contributed by atoms with Crippen LogP contribution in [0, 0.1) is 0 Å². The van der Waals surface area contributed by atoms with E-state index in [0.29, 0.717) is 0 Å². The van der Waals surface area contributed by atoms with Crippen molar-refractivity contribution in [3.63, 3.8) is 0 Å². The second kappa shape index (κ2) is 6.35. The van der Waals surface area contributed by atoms with Crippen LogP contribution >= 0.6 is 15.9 Å². The van der Waals surface area contributed by atoms with Crippen molar-refractivity contribution in [1.29, 1.82) is 0 Å². The Morgan fingerprint density at radius 1 is 1.06 bits per heavy atom. The van der Waals surface area contributed by atoms with Crippen LogP contribution in [0.2, 0.25) is 0 Å². The number of hydrogen-bond donors (Lipinski definition) is 2. The molecule has 0 saturated carbocycles. The number of hydrogen-bond acceptors (Lipinski definition) is 4. The summed E-state index contributed by atoms with van der Waals surface area (Å²) < 4.78 is 1.08. The normalized spacial score (nSPS) is 10.1. The molecule has 1 aromatic carbocycles. The molecule has 1 aromatic heterocycles. The first-order chi connectivity index (χ1) is 8.78. The van der Waals surface area contributed by atoms with Crippen LogP contribution in [0.15, 0.2) is 41.1 Å². The largest absolute Gasteiger partial charge is 0.369 e. The Balaban J connectivity index is 1.97. The summed E-state index contributed by atoms with van der Waals surface area (Å²) in [7, 11) is 0. The third-order valence-electron chi connectivity index (χ3n) is 2.38. The van der Waals surface area contributed by atoms with Gasteiger partial charge in [-0.1, -0.05) is 28.1 Å². The number of nitrogens with zero attached hydrogens (tertiary/aromatic N) is 2. The average molecular weight is 307 g/mol. The fourth-order valence-electron chi connectivity index (χ4n) is 1.51. The van der Waals surface area contributed by atoms with Gasteiger partial charge in [-0.25, -0.2) is 4.98 Å². The van der Waals surface area contributed by atoms with Gasteiger partial charge in [-0.05, 0) is 24.6 Å². The molecule has 0 unspecified atom stereocenters. The highest BCUT2D eigenvalue weighted by atomic mass is 79.9. The van der Waals surface area contributed by atoms with Gasteiger partial charge in [0.2, 0.25) is 0 Å². The molecule has 0 fully saturated rings. The van der Waals surface area contributed by atoms with Gasteiger partial charge in [0.05, 0.1) is 12.4 Å². The molecule has 0 bridgehead atoms. The highest BCUT2D eigenvalue weighted by molar-refractivity contribution is 9.10. The van der Waals surface area contributed by atoms with E-state index in [9.17, 15) is 0 Å². The summed E-state index contributed by atoms with van der Waals surface area (Å²) >= 11 is 3.42. The molecule has 4 nitrogen and oxygen atoms in total. The molecule has 2 N–H and O–H groups in total. The minimum absolute atomic E-state index is 0.734. The number of aromatic nitrogens is 2. The first kappa shape index (κ1) is 12.8. The van der Waals surface area contributed by atoms with Crippen molar-refractivity contribution in [2.45, 2.75) is 13.5 Å². The van der Waals surface area contributed by atoms with Gasteiger partial charge < -0.3 is 10.6 Å². The summed E-state index contributed by atoms with van der Waals surface area (Å²) in [5, 5.41) is 6.38. The number of nitrogens with one attached hydrogen (secondary N) is 2. The Bertz CT molecular complexity index is 499. The molecule has 2 aromatic rings. The zero-order valence-electron chi connectivity index (χ0n) is 10.2. The summed E-state index contributed by atoms with van der Waals surface area (Å²) in [4.78, 5) is 8.54. The molecule has 0 radical (unpaired) electrons. The minimum Gasteiger partial charge on any atom is -0.369 e. The minimum atomic E-state index is 0.734. The summed E-state index contributed by atoms with van der Waals surface area (Å²) in [6, 6.07) is 8.19. The van der Waals surface area contributed by atoms with Crippen LogP contribution in [0.1, 0.15) is 12.5 Å². The van der Waals surface area contributed by atoms with Gasteiger partial charge in [-0.3, -0.25) is 4.98 Å². The zero-order valence-corrected chi connectivity index (χ0v) is 11.7. The van der Waals surface area contributed by atoms with Crippen LogP contribution in [-0.4, -0.2) is 16.5 Å². The predicted molar refractivity (Wildman–Crippen MR) is 77.7 cm³/mol. The van der Waals surface area contributed by atoms with Crippen molar-refractivity contribution in [1.82, 2.24) is 9.97 Å². The quantitative estimate of drug-likeness (QED) is 0.890. The monoisotopic (exact) mass is 306 g/mol. The molecule has 5 heteroatoms. The molecule has 0 spiro atoms. The zero-order chi connectivity index (χ0) is 12.8. The van der Waals surface area contributed by atoms with Crippen molar-refractivity contribution in [2.24, 2.45) is 0 Å². The molecular weight excluding hydrogens is 292 g/mol. The van der Waals surface area contributed by atoms with E-state index in [1.807, 2.05) is 19.1 Å². The number of benzene rings is 1. The van der Waals surface area contributed by atoms with E-state index in [1.165, 1.54) is 5.56 Å². The Morgan fingerprint density at radius 2 is 1.72 bits per heavy atom. The van der Waals surface area contributed by atoms with E-state index in [4.69, 9.17) is 0 Å². The summed E-state index contributed by atoms with van der Waals surface area (Å²) in [5.41, 5.74) is 1.20. The van der Waals surface area contributed by atoms with E-state index >= 15 is 0 Å². The van der Waals surface area contributed by atoms with Crippen LogP contribution in [0.3, 0.4) is 0 Å². The number of halogens is 1. The molecule has 2 rings (SSSR count). The van der Waals surface area contributed by atoms with Crippen LogP contribution < -0.4 is 10.6 Å². The third-order valence-corrected chi connectivity index (χ3v) is 2.91. The van der Waals surface area contributed by atoms with Crippen LogP contribution in [0.25, 0.3) is 0 Å². The summed E-state index contributed by atoms with van der Waals surface area (Å²) in [6.45, 7) is 3.60. The Labute approximate surface area is 115 Å². The van der Waals surface area contributed by atoms with Gasteiger partial charge in [0.25, 0.3) is 0 Å². The van der Waals surface area contributed by atoms with Crippen molar-refractivity contribution < 1.29 is 0 Å². The van der Waals surface area contributed by atoms with E-state index in [0.717, 1.165) is 29.2 Å². The lowest BCUT2D eigenvalue weighted by Crippen LogP contribution is -2.05. The molecule has 0 saturated heterocycles. The van der Waals surface area contributed by atoms with E-state index in [1.54, 1.807) is 12.4 Å². The molecule has 0 amide bonds. The Morgan fingerprint density at radius 3 is 2.39 bits per heavy atom. The SMILES string of the molecule is CCNc1cncc(NCc2ccc(Br)cc2)n1. The van der Waals surface area contributed by atoms with Crippen LogP contribution in [0.4, 0.5) is 11.6 Å². The molecular formula is C13H15BrN4. The predicted octanol–water partition coefficient (Wildman–Crippen LogP) is 3.28. The van der Waals surface area contributed by atoms with Crippen LogP contribution in [-0.2, 0) is 6.54 Å². The average Bonchev–Trinajstić information content (AvgIpc) is 2.39. The van der Waals surface area contributed by atoms with Crippen LogP contribution in [0.5, 0.6) is 0 Å². The van der Waals surface area contributed by atoms with E-state index < -0.39 is 0 Å². The second-order valence-electron chi connectivity index (χ2n) is 3.80. The highest BCUT2D eigenvalue weighted by Crippen LogP contribution is 2.12.